The Labute approximate surface area is 173 Å². The monoisotopic (exact) mass is 411 g/mol. The van der Waals surface area contributed by atoms with Crippen molar-refractivity contribution in [1.82, 2.24) is 14.0 Å². The largest absolute Gasteiger partial charge is 0.338 e. The first-order valence-corrected chi connectivity index (χ1v) is 11.0. The van der Waals surface area contributed by atoms with E-state index in [1.54, 1.807) is 11.4 Å². The first kappa shape index (κ1) is 19.6. The van der Waals surface area contributed by atoms with Crippen molar-refractivity contribution >= 4 is 27.5 Å². The van der Waals surface area contributed by atoms with Crippen LogP contribution in [0.3, 0.4) is 0 Å². The van der Waals surface area contributed by atoms with E-state index in [0.717, 1.165) is 31.4 Å². The van der Waals surface area contributed by atoms with Crippen LogP contribution in [0.4, 0.5) is 0 Å². The van der Waals surface area contributed by atoms with Crippen LogP contribution in [0.5, 0.6) is 0 Å². The van der Waals surface area contributed by atoms with Crippen LogP contribution < -0.4 is 11.2 Å². The predicted molar refractivity (Wildman–Crippen MR) is 116 cm³/mol. The molecule has 0 saturated carbocycles. The number of thiophene rings is 1. The highest BCUT2D eigenvalue weighted by Crippen LogP contribution is 2.19. The molecule has 152 valence electrons. The summed E-state index contributed by atoms with van der Waals surface area (Å²) in [5.74, 6) is -0.0555. The normalized spacial score (nSPS) is 17.0. The summed E-state index contributed by atoms with van der Waals surface area (Å²) < 4.78 is 3.28. The van der Waals surface area contributed by atoms with Crippen molar-refractivity contribution in [3.63, 3.8) is 0 Å². The second-order valence-electron chi connectivity index (χ2n) is 7.63. The maximum Gasteiger partial charge on any atom is 0.332 e. The van der Waals surface area contributed by atoms with Gasteiger partial charge < -0.3 is 4.90 Å². The third kappa shape index (κ3) is 3.92. The standard InChI is InChI=1S/C22H25N3O3S/c1-16-7-5-6-12-23(16)19(26)15-25-18-11-14-29-20(18)21(27)24(22(25)28)13-10-17-8-3-2-4-9-17/h2-4,8-9,11,14,16H,5-7,10,12-13,15H2,1H3/t16-/m1/s1. The Morgan fingerprint density at radius 1 is 1.10 bits per heavy atom. The Balaban J connectivity index is 1.68. The Morgan fingerprint density at radius 2 is 1.90 bits per heavy atom. The molecular weight excluding hydrogens is 386 g/mol. The molecule has 6 nitrogen and oxygen atoms in total. The fourth-order valence-corrected chi connectivity index (χ4v) is 4.91. The summed E-state index contributed by atoms with van der Waals surface area (Å²) in [5.41, 5.74) is 0.939. The number of likely N-dealkylation sites (tertiary alicyclic amines) is 1. The van der Waals surface area contributed by atoms with Gasteiger partial charge in [0.15, 0.2) is 0 Å². The van der Waals surface area contributed by atoms with Crippen molar-refractivity contribution in [2.45, 2.75) is 51.7 Å². The third-order valence-corrected chi connectivity index (χ3v) is 6.61. The number of aromatic nitrogens is 2. The number of fused-ring (bicyclic) bond motifs is 1. The van der Waals surface area contributed by atoms with Gasteiger partial charge in [-0.05, 0) is 49.6 Å². The van der Waals surface area contributed by atoms with Gasteiger partial charge in [-0.2, -0.15) is 0 Å². The van der Waals surface area contributed by atoms with Crippen LogP contribution in [0.2, 0.25) is 0 Å². The molecule has 1 saturated heterocycles. The van der Waals surface area contributed by atoms with Gasteiger partial charge >= 0.3 is 5.69 Å². The number of carbonyl (C=O) groups is 1. The molecule has 1 fully saturated rings. The molecule has 0 unspecified atom stereocenters. The second-order valence-corrected chi connectivity index (χ2v) is 8.54. The quantitative estimate of drug-likeness (QED) is 0.649. The zero-order valence-electron chi connectivity index (χ0n) is 16.5. The van der Waals surface area contributed by atoms with E-state index >= 15 is 0 Å². The van der Waals surface area contributed by atoms with E-state index < -0.39 is 5.69 Å². The van der Waals surface area contributed by atoms with Crippen LogP contribution >= 0.6 is 11.3 Å². The Morgan fingerprint density at radius 3 is 2.66 bits per heavy atom. The van der Waals surface area contributed by atoms with Crippen molar-refractivity contribution in [2.75, 3.05) is 6.54 Å². The highest BCUT2D eigenvalue weighted by molar-refractivity contribution is 7.17. The van der Waals surface area contributed by atoms with Gasteiger partial charge in [-0.25, -0.2) is 4.79 Å². The first-order valence-electron chi connectivity index (χ1n) is 10.1. The topological polar surface area (TPSA) is 64.3 Å². The molecule has 1 amide bonds. The lowest BCUT2D eigenvalue weighted by molar-refractivity contribution is -0.135. The predicted octanol–water partition coefficient (Wildman–Crippen LogP) is 2.87. The van der Waals surface area contributed by atoms with E-state index in [4.69, 9.17) is 0 Å². The fraction of sp³-hybridized carbons (Fsp3) is 0.409. The third-order valence-electron chi connectivity index (χ3n) is 5.72. The summed E-state index contributed by atoms with van der Waals surface area (Å²) >= 11 is 1.32. The maximum atomic E-state index is 13.2. The zero-order chi connectivity index (χ0) is 20.4. The van der Waals surface area contributed by atoms with Crippen LogP contribution in [-0.2, 0) is 24.3 Å². The molecule has 2 aromatic heterocycles. The number of benzene rings is 1. The van der Waals surface area contributed by atoms with Gasteiger partial charge in [-0.1, -0.05) is 30.3 Å². The number of rotatable bonds is 5. The Kier molecular flexibility index (Phi) is 5.67. The number of hydrogen-bond acceptors (Lipinski definition) is 4. The van der Waals surface area contributed by atoms with Gasteiger partial charge in [0.05, 0.1) is 5.52 Å². The molecule has 3 heterocycles. The fourth-order valence-electron chi connectivity index (χ4n) is 4.06. The minimum absolute atomic E-state index is 0.0258. The Bertz CT molecular complexity index is 1130. The smallest absolute Gasteiger partial charge is 0.332 e. The number of hydrogen-bond donors (Lipinski definition) is 0. The molecule has 0 N–H and O–H groups in total. The molecule has 0 spiro atoms. The number of nitrogens with zero attached hydrogens (tertiary/aromatic N) is 3. The summed E-state index contributed by atoms with van der Waals surface area (Å²) in [7, 11) is 0. The molecule has 1 atom stereocenters. The van der Waals surface area contributed by atoms with Gasteiger partial charge in [0, 0.05) is 19.1 Å². The van der Waals surface area contributed by atoms with Crippen molar-refractivity contribution < 1.29 is 4.79 Å². The molecular formula is C22H25N3O3S. The number of aryl methyl sites for hydroxylation is 1. The first-order chi connectivity index (χ1) is 14.1. The van der Waals surface area contributed by atoms with Crippen molar-refractivity contribution in [2.24, 2.45) is 0 Å². The molecule has 3 aromatic rings. The van der Waals surface area contributed by atoms with Crippen molar-refractivity contribution in [1.29, 1.82) is 0 Å². The lowest BCUT2D eigenvalue weighted by Crippen LogP contribution is -2.47. The molecule has 0 radical (unpaired) electrons. The highest BCUT2D eigenvalue weighted by Gasteiger charge is 2.25. The molecule has 1 aliphatic heterocycles. The molecule has 1 aromatic carbocycles. The van der Waals surface area contributed by atoms with Crippen LogP contribution in [0.25, 0.3) is 10.2 Å². The van der Waals surface area contributed by atoms with Crippen LogP contribution in [0.1, 0.15) is 31.7 Å². The second kappa shape index (κ2) is 8.37. The average Bonchev–Trinajstić information content (AvgIpc) is 3.22. The summed E-state index contributed by atoms with van der Waals surface area (Å²) in [6.45, 7) is 3.06. The van der Waals surface area contributed by atoms with E-state index in [2.05, 4.69) is 6.92 Å². The SMILES string of the molecule is C[C@@H]1CCCCN1C(=O)Cn1c(=O)n(CCc2ccccc2)c(=O)c2sccc21. The molecule has 1 aliphatic rings. The van der Waals surface area contributed by atoms with E-state index in [1.165, 1.54) is 20.5 Å². The van der Waals surface area contributed by atoms with Gasteiger partial charge in [0.25, 0.3) is 5.56 Å². The maximum absolute atomic E-state index is 13.2. The number of piperidine rings is 1. The minimum Gasteiger partial charge on any atom is -0.338 e. The van der Waals surface area contributed by atoms with E-state index in [-0.39, 0.29) is 24.1 Å². The number of amides is 1. The van der Waals surface area contributed by atoms with Gasteiger partial charge in [-0.15, -0.1) is 11.3 Å². The molecule has 7 heteroatoms. The van der Waals surface area contributed by atoms with Crippen LogP contribution in [-0.4, -0.2) is 32.5 Å². The molecule has 4 rings (SSSR count). The van der Waals surface area contributed by atoms with E-state index in [1.807, 2.05) is 35.2 Å². The van der Waals surface area contributed by atoms with E-state index in [9.17, 15) is 14.4 Å². The van der Waals surface area contributed by atoms with Gasteiger partial charge in [-0.3, -0.25) is 18.7 Å². The Hall–Kier alpha value is -2.67. The summed E-state index contributed by atoms with van der Waals surface area (Å²) in [6, 6.07) is 11.7. The molecule has 0 aliphatic carbocycles. The van der Waals surface area contributed by atoms with Crippen LogP contribution in [0, 0.1) is 0 Å². The average molecular weight is 412 g/mol. The lowest BCUT2D eigenvalue weighted by atomic mass is 10.0. The van der Waals surface area contributed by atoms with Crippen molar-refractivity contribution in [3.05, 3.63) is 68.2 Å². The summed E-state index contributed by atoms with van der Waals surface area (Å²) in [5, 5.41) is 1.80. The van der Waals surface area contributed by atoms with Crippen LogP contribution in [0.15, 0.2) is 51.4 Å². The lowest BCUT2D eigenvalue weighted by Gasteiger charge is -2.33. The minimum atomic E-state index is -0.408. The highest BCUT2D eigenvalue weighted by atomic mass is 32.1. The molecule has 29 heavy (non-hydrogen) atoms. The summed E-state index contributed by atoms with van der Waals surface area (Å²) in [4.78, 5) is 40.9. The van der Waals surface area contributed by atoms with Gasteiger partial charge in [0.2, 0.25) is 5.91 Å². The molecule has 0 bridgehead atoms. The number of carbonyl (C=O) groups excluding carboxylic acids is 1. The zero-order valence-corrected chi connectivity index (χ0v) is 17.4. The van der Waals surface area contributed by atoms with E-state index in [0.29, 0.717) is 23.2 Å². The van der Waals surface area contributed by atoms with Crippen molar-refractivity contribution in [3.8, 4) is 0 Å². The van der Waals surface area contributed by atoms with Gasteiger partial charge in [0.1, 0.15) is 11.2 Å². The summed E-state index contributed by atoms with van der Waals surface area (Å²) in [6.07, 6.45) is 3.70.